The molecule has 2 nitrogen and oxygen atoms in total. The summed E-state index contributed by atoms with van der Waals surface area (Å²) < 4.78 is 7.11. The van der Waals surface area contributed by atoms with Crippen molar-refractivity contribution >= 4 is 65.0 Å². The largest absolute Gasteiger partial charge is 0.455 e. The Morgan fingerprint density at radius 2 is 0.831 bits per heavy atom. The topological polar surface area (TPSA) is 26.0 Å². The SMILES string of the molecule is c1ccc(-c2cc(-c3ccccc3)nc(-c3cccc4oc5c(-c6cc7ccccc7c7ccccc67)cc(-c6cc7ccccc7c7ccccc67)cc5c34)c2)cc1. The van der Waals surface area contributed by atoms with Crippen molar-refractivity contribution in [1.82, 2.24) is 4.98 Å². The highest BCUT2D eigenvalue weighted by molar-refractivity contribution is 6.22. The van der Waals surface area contributed by atoms with E-state index in [4.69, 9.17) is 9.40 Å². The first-order chi connectivity index (χ1) is 29.2. The molecule has 0 atom stereocenters. The second kappa shape index (κ2) is 13.4. The van der Waals surface area contributed by atoms with E-state index in [1.165, 1.54) is 48.7 Å². The first kappa shape index (κ1) is 33.3. The Bertz CT molecular complexity index is 3540. The maximum absolute atomic E-state index is 7.11. The average molecular weight is 750 g/mol. The Balaban J connectivity index is 1.21. The van der Waals surface area contributed by atoms with Crippen LogP contribution >= 0.6 is 0 Å². The van der Waals surface area contributed by atoms with E-state index in [2.05, 4.69) is 212 Å². The second-order valence-corrected chi connectivity index (χ2v) is 15.4. The zero-order valence-electron chi connectivity index (χ0n) is 32.1. The number of nitrogens with zero attached hydrogens (tertiary/aromatic N) is 1. The number of hydrogen-bond acceptors (Lipinski definition) is 2. The zero-order valence-corrected chi connectivity index (χ0v) is 32.1. The van der Waals surface area contributed by atoms with Gasteiger partial charge in [0.1, 0.15) is 11.2 Å². The fourth-order valence-electron chi connectivity index (χ4n) is 9.29. The van der Waals surface area contributed by atoms with Crippen LogP contribution in [-0.2, 0) is 0 Å². The van der Waals surface area contributed by atoms with E-state index in [-0.39, 0.29) is 0 Å². The monoisotopic (exact) mass is 749 g/mol. The molecule has 0 aliphatic heterocycles. The lowest BCUT2D eigenvalue weighted by molar-refractivity contribution is 0.670. The standard InChI is InChI=1S/C57H35NO/c1-3-16-36(17-4-1)40-34-53(37-18-5-2-6-19-37)58-54(35-40)48-28-15-29-55-56(48)52-33-41(49-30-38-20-7-9-22-42(38)44-24-11-13-26-46(44)49)32-51(57(52)59-55)50-31-39-21-8-10-23-43(39)45-25-12-14-27-47(45)50/h1-35H. The smallest absolute Gasteiger partial charge is 0.143 e. The Labute approximate surface area is 341 Å². The van der Waals surface area contributed by atoms with Crippen molar-refractivity contribution in [3.8, 4) is 55.9 Å². The third-order valence-corrected chi connectivity index (χ3v) is 12.0. The number of pyridine rings is 1. The lowest BCUT2D eigenvalue weighted by Gasteiger charge is -2.15. The summed E-state index contributed by atoms with van der Waals surface area (Å²) >= 11 is 0. The summed E-state index contributed by atoms with van der Waals surface area (Å²) in [5, 5.41) is 11.9. The number of hydrogen-bond donors (Lipinski definition) is 0. The van der Waals surface area contributed by atoms with Gasteiger partial charge in [0.05, 0.1) is 11.4 Å². The Morgan fingerprint density at radius 1 is 0.288 bits per heavy atom. The fraction of sp³-hybridized carbons (Fsp3) is 0. The lowest BCUT2D eigenvalue weighted by Crippen LogP contribution is -1.92. The molecule has 0 spiro atoms. The van der Waals surface area contributed by atoms with Crippen molar-refractivity contribution < 1.29 is 4.42 Å². The fourth-order valence-corrected chi connectivity index (χ4v) is 9.29. The van der Waals surface area contributed by atoms with Crippen molar-refractivity contribution in [3.05, 3.63) is 212 Å². The molecule has 0 aliphatic rings. The summed E-state index contributed by atoms with van der Waals surface area (Å²) in [5.74, 6) is 0. The maximum atomic E-state index is 7.11. The van der Waals surface area contributed by atoms with Gasteiger partial charge in [-0.15, -0.1) is 0 Å². The first-order valence-corrected chi connectivity index (χ1v) is 20.2. The molecule has 0 N–H and O–H groups in total. The van der Waals surface area contributed by atoms with E-state index >= 15 is 0 Å². The lowest BCUT2D eigenvalue weighted by atomic mass is 9.88. The number of aromatic nitrogens is 1. The average Bonchev–Trinajstić information content (AvgIpc) is 3.70. The van der Waals surface area contributed by atoms with Crippen LogP contribution in [0.5, 0.6) is 0 Å². The second-order valence-electron chi connectivity index (χ2n) is 15.4. The molecule has 0 bridgehead atoms. The van der Waals surface area contributed by atoms with Gasteiger partial charge in [-0.25, -0.2) is 4.98 Å². The van der Waals surface area contributed by atoms with Crippen molar-refractivity contribution in [1.29, 1.82) is 0 Å². The Kier molecular flexibility index (Phi) is 7.57. The normalized spacial score (nSPS) is 11.7. The number of rotatable bonds is 5. The van der Waals surface area contributed by atoms with Crippen LogP contribution in [0.4, 0.5) is 0 Å². The third kappa shape index (κ3) is 5.45. The van der Waals surface area contributed by atoms with Crippen LogP contribution in [0.25, 0.3) is 121 Å². The predicted molar refractivity (Wildman–Crippen MR) is 249 cm³/mol. The minimum absolute atomic E-state index is 0.831. The maximum Gasteiger partial charge on any atom is 0.143 e. The van der Waals surface area contributed by atoms with Gasteiger partial charge in [0.2, 0.25) is 0 Å². The molecule has 2 heterocycles. The minimum atomic E-state index is 0.831. The van der Waals surface area contributed by atoms with Gasteiger partial charge < -0.3 is 4.42 Å². The van der Waals surface area contributed by atoms with Crippen LogP contribution in [0.15, 0.2) is 217 Å². The van der Waals surface area contributed by atoms with Crippen LogP contribution in [-0.4, -0.2) is 4.98 Å². The van der Waals surface area contributed by atoms with Crippen LogP contribution in [0.3, 0.4) is 0 Å². The summed E-state index contributed by atoms with van der Waals surface area (Å²) in [6.45, 7) is 0. The molecular weight excluding hydrogens is 715 g/mol. The van der Waals surface area contributed by atoms with E-state index < -0.39 is 0 Å². The highest BCUT2D eigenvalue weighted by Gasteiger charge is 2.22. The molecule has 0 radical (unpaired) electrons. The van der Waals surface area contributed by atoms with Crippen LogP contribution in [0.1, 0.15) is 0 Å². The molecule has 0 saturated heterocycles. The van der Waals surface area contributed by atoms with Crippen molar-refractivity contribution in [2.75, 3.05) is 0 Å². The Hall–Kier alpha value is -7.81. The van der Waals surface area contributed by atoms with Crippen molar-refractivity contribution in [2.24, 2.45) is 0 Å². The molecule has 12 aromatic rings. The highest BCUT2D eigenvalue weighted by Crippen LogP contribution is 2.47. The van der Waals surface area contributed by atoms with Gasteiger partial charge >= 0.3 is 0 Å². The molecule has 274 valence electrons. The van der Waals surface area contributed by atoms with Crippen molar-refractivity contribution in [3.63, 3.8) is 0 Å². The van der Waals surface area contributed by atoms with E-state index in [1.54, 1.807) is 0 Å². The molecule has 10 aromatic carbocycles. The molecule has 0 amide bonds. The van der Waals surface area contributed by atoms with Gasteiger partial charge in [-0.3, -0.25) is 0 Å². The number of furan rings is 1. The van der Waals surface area contributed by atoms with Crippen LogP contribution in [0.2, 0.25) is 0 Å². The molecule has 0 aliphatic carbocycles. The van der Waals surface area contributed by atoms with E-state index in [0.717, 1.165) is 72.3 Å². The quantitative estimate of drug-likeness (QED) is 0.164. The van der Waals surface area contributed by atoms with Crippen LogP contribution in [0, 0.1) is 0 Å². The number of benzene rings is 10. The molecule has 59 heavy (non-hydrogen) atoms. The minimum Gasteiger partial charge on any atom is -0.455 e. The van der Waals surface area contributed by atoms with Crippen molar-refractivity contribution in [2.45, 2.75) is 0 Å². The molecular formula is C57H35NO. The van der Waals surface area contributed by atoms with Gasteiger partial charge in [0.15, 0.2) is 0 Å². The Morgan fingerprint density at radius 3 is 1.51 bits per heavy atom. The molecule has 2 aromatic heterocycles. The van der Waals surface area contributed by atoms with Gasteiger partial charge in [0.25, 0.3) is 0 Å². The predicted octanol–water partition coefficient (Wildman–Crippen LogP) is 15.9. The first-order valence-electron chi connectivity index (χ1n) is 20.2. The molecule has 0 unspecified atom stereocenters. The van der Waals surface area contributed by atoms with Crippen LogP contribution < -0.4 is 0 Å². The molecule has 12 rings (SSSR count). The number of fused-ring (bicyclic) bond motifs is 9. The summed E-state index contributed by atoms with van der Waals surface area (Å²) in [4.78, 5) is 5.41. The summed E-state index contributed by atoms with van der Waals surface area (Å²) in [7, 11) is 0. The third-order valence-electron chi connectivity index (χ3n) is 12.0. The van der Waals surface area contributed by atoms with Gasteiger partial charge in [0, 0.05) is 27.5 Å². The van der Waals surface area contributed by atoms with E-state index in [9.17, 15) is 0 Å². The van der Waals surface area contributed by atoms with Gasteiger partial charge in [-0.05, 0) is 113 Å². The summed E-state index contributed by atoms with van der Waals surface area (Å²) in [6.07, 6.45) is 0. The van der Waals surface area contributed by atoms with E-state index in [1.807, 2.05) is 0 Å². The molecule has 2 heteroatoms. The van der Waals surface area contributed by atoms with Gasteiger partial charge in [-0.1, -0.05) is 170 Å². The highest BCUT2D eigenvalue weighted by atomic mass is 16.3. The molecule has 0 saturated carbocycles. The summed E-state index contributed by atoms with van der Waals surface area (Å²) in [5.41, 5.74) is 12.4. The molecule has 0 fully saturated rings. The zero-order chi connectivity index (χ0) is 38.9. The van der Waals surface area contributed by atoms with E-state index in [0.29, 0.717) is 0 Å². The van der Waals surface area contributed by atoms with Gasteiger partial charge in [-0.2, -0.15) is 0 Å². The summed E-state index contributed by atoms with van der Waals surface area (Å²) in [6, 6.07) is 76.3.